The smallest absolute Gasteiger partial charge is 0.668 e. The molecule has 0 aliphatic carbocycles. The van der Waals surface area contributed by atoms with Gasteiger partial charge in [0, 0.05) is 39.3 Å². The van der Waals surface area contributed by atoms with E-state index >= 15 is 0 Å². The van der Waals surface area contributed by atoms with Crippen LogP contribution in [0.25, 0.3) is 4.65 Å². The predicted molar refractivity (Wildman–Crippen MR) is 278 cm³/mol. The Morgan fingerprint density at radius 3 is 0.530 bits per heavy atom. The van der Waals surface area contributed by atoms with Gasteiger partial charge in [0.25, 0.3) is 0 Å². The third-order valence-electron chi connectivity index (χ3n) is 11.7. The third-order valence-corrected chi connectivity index (χ3v) is 17.1. The van der Waals surface area contributed by atoms with E-state index < -0.39 is 211 Å². The van der Waals surface area contributed by atoms with Crippen molar-refractivity contribution in [1.29, 1.82) is 0 Å². The molecule has 0 aromatic heterocycles. The Morgan fingerprint density at radius 1 is 0.289 bits per heavy atom. The van der Waals surface area contributed by atoms with Crippen LogP contribution in [-0.4, -0.2) is 147 Å². The van der Waals surface area contributed by atoms with Gasteiger partial charge >= 0.3 is 72.5 Å². The van der Waals surface area contributed by atoms with Crippen LogP contribution >= 0.6 is 0 Å². The molecule has 0 spiro atoms. The fraction of sp³-hybridized carbons (Fsp3) is 0.520. The standard InChI is InChI=1S/C32H12BF24.C12H30N4.C6H18NSi2.Mg/c34-25(35,36)13-1-14(26(37,38)39)6-21(5-13)33(22-7-15(27(40,41)42)2-16(8-22)28(43,44)45,23-9-17(29(46,47)48)3-18(10-23)30(49,50)51)24-11-19(31(52,53)54)4-20(12-24)32(55,56)57;1-13(2)7-10-16(11-8-14(3)4)12-9-15(5)6;1-8(2,3)7-9(4,5)6;/h1-12H;7-12H2,1-6H3;1-6H3;/q-1;;-1;+2. The molecule has 0 amide bonds. The Bertz CT molecular complexity index is 2240. The molecule has 0 aliphatic heterocycles. The molecule has 0 bridgehead atoms. The van der Waals surface area contributed by atoms with Crippen LogP contribution in [0.4, 0.5) is 105 Å². The minimum absolute atomic E-state index is 0. The molecule has 0 heterocycles. The largest absolute Gasteiger partial charge is 2.00 e. The summed E-state index contributed by atoms with van der Waals surface area (Å²) in [4.78, 5) is 9.29. The van der Waals surface area contributed by atoms with Gasteiger partial charge in [0.05, 0.1) is 44.5 Å². The van der Waals surface area contributed by atoms with Gasteiger partial charge in [-0.3, -0.25) is 4.90 Å². The topological polar surface area (TPSA) is 27.1 Å². The monoisotopic (exact) mass is 1280 g/mol. The van der Waals surface area contributed by atoms with Crippen molar-refractivity contribution in [3.8, 4) is 0 Å². The van der Waals surface area contributed by atoms with Crippen LogP contribution in [-0.2, 0) is 49.4 Å². The molecule has 4 aromatic rings. The van der Waals surface area contributed by atoms with E-state index in [4.69, 9.17) is 4.65 Å². The van der Waals surface area contributed by atoms with E-state index in [0.717, 1.165) is 39.3 Å². The number of nitrogens with zero attached hydrogens (tertiary/aromatic N) is 5. The van der Waals surface area contributed by atoms with Gasteiger partial charge < -0.3 is 19.3 Å². The molecule has 466 valence electrons. The zero-order valence-electron chi connectivity index (χ0n) is 46.8. The Hall–Kier alpha value is -3.74. The number of alkyl halides is 24. The van der Waals surface area contributed by atoms with Crippen molar-refractivity contribution in [3.63, 3.8) is 0 Å². The van der Waals surface area contributed by atoms with E-state index in [1.807, 2.05) is 0 Å². The second kappa shape index (κ2) is 28.0. The average molecular weight is 1280 g/mol. The van der Waals surface area contributed by atoms with Crippen molar-refractivity contribution in [1.82, 2.24) is 19.6 Å². The van der Waals surface area contributed by atoms with Gasteiger partial charge in [0.2, 0.25) is 0 Å². The summed E-state index contributed by atoms with van der Waals surface area (Å²) >= 11 is 0. The summed E-state index contributed by atoms with van der Waals surface area (Å²) in [5.41, 5.74) is -30.2. The Balaban J connectivity index is 0.00000110. The molecular weight excluding hydrogens is 1220 g/mol. The Morgan fingerprint density at radius 2 is 0.434 bits per heavy atom. The van der Waals surface area contributed by atoms with Crippen LogP contribution in [0.15, 0.2) is 72.8 Å². The second-order valence-corrected chi connectivity index (χ2v) is 31.5. The first kappa shape index (κ1) is 77.3. The molecule has 0 aliphatic rings. The summed E-state index contributed by atoms with van der Waals surface area (Å²) in [6, 6.07) is -8.81. The molecule has 83 heavy (non-hydrogen) atoms. The van der Waals surface area contributed by atoms with Gasteiger partial charge in [0.15, 0.2) is 0 Å². The predicted octanol–water partition coefficient (Wildman–Crippen LogP) is 13.8. The number of hydrogen-bond donors (Lipinski definition) is 0. The maximum absolute atomic E-state index is 14.2. The van der Waals surface area contributed by atoms with Gasteiger partial charge in [-0.2, -0.15) is 127 Å². The molecule has 0 fully saturated rings. The molecule has 0 saturated heterocycles. The van der Waals surface area contributed by atoms with Crippen molar-refractivity contribution in [3.05, 3.63) is 122 Å². The van der Waals surface area contributed by atoms with Gasteiger partial charge in [-0.25, -0.2) is 0 Å². The van der Waals surface area contributed by atoms with Gasteiger partial charge in [0.1, 0.15) is 6.15 Å². The van der Waals surface area contributed by atoms with Crippen molar-refractivity contribution in [2.24, 2.45) is 0 Å². The van der Waals surface area contributed by atoms with Crippen LogP contribution in [0.2, 0.25) is 39.3 Å². The molecule has 0 radical (unpaired) electrons. The summed E-state index contributed by atoms with van der Waals surface area (Å²) in [6.45, 7) is 20.7. The number of benzene rings is 4. The summed E-state index contributed by atoms with van der Waals surface area (Å²) < 4.78 is 346. The van der Waals surface area contributed by atoms with E-state index in [9.17, 15) is 105 Å². The Labute approximate surface area is 483 Å². The number of likely N-dealkylation sites (N-methyl/N-ethyl adjacent to an activating group) is 3. The molecule has 5 nitrogen and oxygen atoms in total. The van der Waals surface area contributed by atoms with Crippen molar-refractivity contribution in [2.45, 2.75) is 88.7 Å². The van der Waals surface area contributed by atoms with Gasteiger partial charge in [-0.1, -0.05) is 104 Å². The first-order valence-electron chi connectivity index (χ1n) is 24.1. The number of halogens is 24. The zero-order chi connectivity index (χ0) is 64.2. The molecule has 33 heteroatoms. The van der Waals surface area contributed by atoms with Crippen LogP contribution in [0.5, 0.6) is 0 Å². The average Bonchev–Trinajstić information content (AvgIpc) is 3.25. The summed E-state index contributed by atoms with van der Waals surface area (Å²) in [6.07, 6.45) is -54.8. The second-order valence-electron chi connectivity index (χ2n) is 21.9. The SMILES string of the molecule is CN(C)CCN(CCN(C)C)CCN(C)C.C[Si](C)(C)[N-][Si](C)(C)C.FC(F)(F)c1cc([B-](c2cc(C(F)(F)F)cc(C(F)(F)F)c2)(c2cc(C(F)(F)F)cc(C(F)(F)F)c2)c2cc(C(F)(F)F)cc(C(F)(F)F)c2)cc(C(F)(F)F)c1.[Mg+2]. The van der Waals surface area contributed by atoms with E-state index in [0.29, 0.717) is 0 Å². The first-order valence-corrected chi connectivity index (χ1v) is 31.0. The molecule has 0 N–H and O–H groups in total. The number of rotatable bonds is 15. The molecule has 4 rings (SSSR count). The number of hydrogen-bond acceptors (Lipinski definition) is 4. The molecule has 0 saturated carbocycles. The molecule has 0 unspecified atom stereocenters. The summed E-state index contributed by atoms with van der Waals surface area (Å²) in [5.74, 6) is 0. The van der Waals surface area contributed by atoms with Gasteiger partial charge in [-0.05, 0) is 66.6 Å². The van der Waals surface area contributed by atoms with Gasteiger partial charge in [-0.15, -0.1) is 0 Å². The Kier molecular flexibility index (Phi) is 26.0. The quantitative estimate of drug-likeness (QED) is 0.0876. The van der Waals surface area contributed by atoms with Crippen LogP contribution < -0.4 is 21.9 Å². The van der Waals surface area contributed by atoms with E-state index in [1.165, 1.54) is 0 Å². The minimum Gasteiger partial charge on any atom is -0.668 e. The van der Waals surface area contributed by atoms with Crippen LogP contribution in [0.1, 0.15) is 44.5 Å². The van der Waals surface area contributed by atoms with E-state index in [1.54, 1.807) is 0 Å². The van der Waals surface area contributed by atoms with E-state index in [2.05, 4.69) is 101 Å². The van der Waals surface area contributed by atoms with Crippen molar-refractivity contribution in [2.75, 3.05) is 81.6 Å². The summed E-state index contributed by atoms with van der Waals surface area (Å²) in [5, 5.41) is 0. The van der Waals surface area contributed by atoms with E-state index in [-0.39, 0.29) is 23.1 Å². The van der Waals surface area contributed by atoms with Crippen LogP contribution in [0.3, 0.4) is 0 Å². The fourth-order valence-corrected chi connectivity index (χ4v) is 16.5. The van der Waals surface area contributed by atoms with Crippen LogP contribution in [0, 0.1) is 0 Å². The fourth-order valence-electron chi connectivity index (χ4n) is 8.44. The summed E-state index contributed by atoms with van der Waals surface area (Å²) in [7, 11) is 10.6. The third kappa shape index (κ3) is 24.2. The molecular formula is C50H60BF24MgN5Si2. The maximum Gasteiger partial charge on any atom is 2.00 e. The normalized spacial score (nSPS) is 13.7. The molecule has 0 atom stereocenters. The minimum atomic E-state index is -6.13. The van der Waals surface area contributed by atoms with Crippen molar-refractivity contribution >= 4 is 67.5 Å². The first-order chi connectivity index (χ1) is 36.4. The molecule has 4 aromatic carbocycles. The maximum atomic E-state index is 14.2. The zero-order valence-corrected chi connectivity index (χ0v) is 50.2. The van der Waals surface area contributed by atoms with Crippen molar-refractivity contribution < 1.29 is 105 Å².